The van der Waals surface area contributed by atoms with Crippen LogP contribution in [0, 0.1) is 11.8 Å². The molecule has 0 saturated heterocycles. The molecule has 0 bridgehead atoms. The van der Waals surface area contributed by atoms with Gasteiger partial charge >= 0.3 is 12.0 Å². The Kier molecular flexibility index (Phi) is 9.80. The molecule has 0 rings (SSSR count). The maximum Gasteiger partial charge on any atom is 0.326 e. The molecule has 0 aliphatic rings. The van der Waals surface area contributed by atoms with Gasteiger partial charge in [-0.05, 0) is 18.3 Å². The molecule has 118 valence electrons. The topological polar surface area (TPSA) is 87.7 Å². The molecule has 0 spiro atoms. The molecule has 0 radical (unpaired) electrons. The molecule has 0 aromatic rings. The summed E-state index contributed by atoms with van der Waals surface area (Å²) in [6.07, 6.45) is 1.40. The second-order valence-corrected chi connectivity index (χ2v) is 5.42. The van der Waals surface area contributed by atoms with Gasteiger partial charge in [-0.2, -0.15) is 0 Å². The molecule has 6 heteroatoms. The van der Waals surface area contributed by atoms with Crippen molar-refractivity contribution in [2.24, 2.45) is 11.8 Å². The third-order valence-electron chi connectivity index (χ3n) is 2.97. The Morgan fingerprint density at radius 3 is 2.40 bits per heavy atom. The van der Waals surface area contributed by atoms with E-state index in [0.717, 1.165) is 0 Å². The smallest absolute Gasteiger partial charge is 0.326 e. The normalized spacial score (nSPS) is 13.8. The van der Waals surface area contributed by atoms with Gasteiger partial charge in [0.2, 0.25) is 0 Å². The number of carboxylic acid groups (broad SMARTS) is 1. The van der Waals surface area contributed by atoms with Crippen molar-refractivity contribution in [2.45, 2.75) is 46.6 Å². The highest BCUT2D eigenvalue weighted by Gasteiger charge is 2.24. The Hall–Kier alpha value is -1.30. The van der Waals surface area contributed by atoms with Crippen molar-refractivity contribution in [2.75, 3.05) is 19.8 Å². The Labute approximate surface area is 121 Å². The average Bonchev–Trinajstić information content (AvgIpc) is 2.38. The van der Waals surface area contributed by atoms with E-state index in [-0.39, 0.29) is 5.92 Å². The highest BCUT2D eigenvalue weighted by Crippen LogP contribution is 2.07. The van der Waals surface area contributed by atoms with Crippen molar-refractivity contribution in [3.63, 3.8) is 0 Å². The average molecular weight is 288 g/mol. The summed E-state index contributed by atoms with van der Waals surface area (Å²) in [7, 11) is 0. The molecule has 0 saturated carbocycles. The number of carbonyl (C=O) groups is 2. The summed E-state index contributed by atoms with van der Waals surface area (Å²) in [6, 6.07) is -1.29. The molecule has 0 aliphatic heterocycles. The minimum atomic E-state index is -1.00. The Balaban J connectivity index is 3.83. The van der Waals surface area contributed by atoms with Crippen LogP contribution < -0.4 is 10.6 Å². The van der Waals surface area contributed by atoms with Crippen LogP contribution in [0.3, 0.4) is 0 Å². The summed E-state index contributed by atoms with van der Waals surface area (Å²) in [6.45, 7) is 9.62. The molecule has 0 fully saturated rings. The van der Waals surface area contributed by atoms with Gasteiger partial charge in [-0.3, -0.25) is 0 Å². The molecule has 2 atom stereocenters. The molecule has 0 aromatic carbocycles. The number of hydrogen-bond donors (Lipinski definition) is 3. The van der Waals surface area contributed by atoms with Gasteiger partial charge in [0, 0.05) is 19.8 Å². The summed E-state index contributed by atoms with van der Waals surface area (Å²) in [4.78, 5) is 22.6. The van der Waals surface area contributed by atoms with Gasteiger partial charge in [-0.1, -0.05) is 34.1 Å². The van der Waals surface area contributed by atoms with Crippen LogP contribution in [-0.2, 0) is 9.53 Å². The van der Waals surface area contributed by atoms with Crippen LogP contribution in [0.15, 0.2) is 0 Å². The van der Waals surface area contributed by atoms with Crippen molar-refractivity contribution in [3.8, 4) is 0 Å². The zero-order valence-electron chi connectivity index (χ0n) is 12.9. The number of carboxylic acids is 1. The molecule has 0 aliphatic carbocycles. The molecular weight excluding hydrogens is 260 g/mol. The van der Waals surface area contributed by atoms with Crippen LogP contribution in [-0.4, -0.2) is 42.9 Å². The lowest BCUT2D eigenvalue weighted by atomic mass is 9.99. The second kappa shape index (κ2) is 10.5. The standard InChI is InChI=1S/C14H28N2O4/c1-5-11(4)12(13(17)18)16-14(19)15-7-6-8-20-9-10(2)3/h10-12H,5-9H2,1-4H3,(H,17,18)(H2,15,16,19)/t11-,12-/m0/s1. The minimum Gasteiger partial charge on any atom is -0.480 e. The molecule has 20 heavy (non-hydrogen) atoms. The quantitative estimate of drug-likeness (QED) is 0.535. The summed E-state index contributed by atoms with van der Waals surface area (Å²) < 4.78 is 5.39. The van der Waals surface area contributed by atoms with E-state index < -0.39 is 18.0 Å². The van der Waals surface area contributed by atoms with Crippen molar-refractivity contribution in [1.29, 1.82) is 0 Å². The fourth-order valence-electron chi connectivity index (χ4n) is 1.57. The van der Waals surface area contributed by atoms with E-state index in [4.69, 9.17) is 9.84 Å². The number of aliphatic carboxylic acids is 1. The van der Waals surface area contributed by atoms with Crippen LogP contribution in [0.4, 0.5) is 4.79 Å². The maximum atomic E-state index is 11.6. The first-order chi connectivity index (χ1) is 9.38. The highest BCUT2D eigenvalue weighted by atomic mass is 16.5. The van der Waals surface area contributed by atoms with Crippen LogP contribution in [0.2, 0.25) is 0 Å². The lowest BCUT2D eigenvalue weighted by Gasteiger charge is -2.20. The molecule has 3 N–H and O–H groups in total. The van der Waals surface area contributed by atoms with Gasteiger partial charge in [0.15, 0.2) is 0 Å². The SMILES string of the molecule is CC[C@H](C)[C@H](NC(=O)NCCCOCC(C)C)C(=O)O. The van der Waals surface area contributed by atoms with Crippen molar-refractivity contribution in [3.05, 3.63) is 0 Å². The summed E-state index contributed by atoms with van der Waals surface area (Å²) in [5, 5.41) is 14.2. The molecule has 2 amide bonds. The Bertz CT molecular complexity index is 295. The number of urea groups is 1. The number of ether oxygens (including phenoxy) is 1. The van der Waals surface area contributed by atoms with Crippen LogP contribution in [0.25, 0.3) is 0 Å². The maximum absolute atomic E-state index is 11.6. The van der Waals surface area contributed by atoms with E-state index >= 15 is 0 Å². The summed E-state index contributed by atoms with van der Waals surface area (Å²) >= 11 is 0. The van der Waals surface area contributed by atoms with Gasteiger partial charge in [0.25, 0.3) is 0 Å². The van der Waals surface area contributed by atoms with Crippen LogP contribution >= 0.6 is 0 Å². The number of amides is 2. The van der Waals surface area contributed by atoms with Gasteiger partial charge in [0.1, 0.15) is 6.04 Å². The summed E-state index contributed by atoms with van der Waals surface area (Å²) in [5.41, 5.74) is 0. The van der Waals surface area contributed by atoms with Crippen molar-refractivity contribution >= 4 is 12.0 Å². The van der Waals surface area contributed by atoms with E-state index in [0.29, 0.717) is 38.5 Å². The largest absolute Gasteiger partial charge is 0.480 e. The van der Waals surface area contributed by atoms with E-state index in [1.54, 1.807) is 6.92 Å². The van der Waals surface area contributed by atoms with Crippen LogP contribution in [0.5, 0.6) is 0 Å². The highest BCUT2D eigenvalue weighted by molar-refractivity contribution is 5.82. The van der Waals surface area contributed by atoms with Crippen LogP contribution in [0.1, 0.15) is 40.5 Å². The predicted molar refractivity (Wildman–Crippen MR) is 77.7 cm³/mol. The third-order valence-corrected chi connectivity index (χ3v) is 2.97. The number of rotatable bonds is 10. The molecule has 0 heterocycles. The number of carbonyl (C=O) groups excluding carboxylic acids is 1. The van der Waals surface area contributed by atoms with E-state index in [2.05, 4.69) is 24.5 Å². The van der Waals surface area contributed by atoms with E-state index in [1.807, 2.05) is 6.92 Å². The first kappa shape index (κ1) is 18.7. The lowest BCUT2D eigenvalue weighted by Crippen LogP contribution is -2.49. The lowest BCUT2D eigenvalue weighted by molar-refractivity contribution is -0.140. The fraction of sp³-hybridized carbons (Fsp3) is 0.857. The molecular formula is C14H28N2O4. The Morgan fingerprint density at radius 2 is 1.90 bits per heavy atom. The first-order valence-electron chi connectivity index (χ1n) is 7.23. The second-order valence-electron chi connectivity index (χ2n) is 5.42. The molecule has 0 unspecified atom stereocenters. The monoisotopic (exact) mass is 288 g/mol. The zero-order valence-corrected chi connectivity index (χ0v) is 12.9. The molecule has 0 aromatic heterocycles. The summed E-state index contributed by atoms with van der Waals surface area (Å²) in [5.74, 6) is -0.611. The van der Waals surface area contributed by atoms with Crippen molar-refractivity contribution in [1.82, 2.24) is 10.6 Å². The van der Waals surface area contributed by atoms with Gasteiger partial charge in [0.05, 0.1) is 0 Å². The van der Waals surface area contributed by atoms with Gasteiger partial charge < -0.3 is 20.5 Å². The minimum absolute atomic E-state index is 0.104. The number of nitrogens with one attached hydrogen (secondary N) is 2. The van der Waals surface area contributed by atoms with E-state index in [9.17, 15) is 9.59 Å². The predicted octanol–water partition coefficient (Wildman–Crippen LogP) is 1.85. The van der Waals surface area contributed by atoms with Gasteiger partial charge in [-0.15, -0.1) is 0 Å². The fourth-order valence-corrected chi connectivity index (χ4v) is 1.57. The first-order valence-corrected chi connectivity index (χ1v) is 7.23. The van der Waals surface area contributed by atoms with Gasteiger partial charge in [-0.25, -0.2) is 9.59 Å². The van der Waals surface area contributed by atoms with E-state index in [1.165, 1.54) is 0 Å². The third kappa shape index (κ3) is 8.74. The van der Waals surface area contributed by atoms with Crippen molar-refractivity contribution < 1.29 is 19.4 Å². The molecule has 6 nitrogen and oxygen atoms in total. The Morgan fingerprint density at radius 1 is 1.25 bits per heavy atom. The number of hydrogen-bond acceptors (Lipinski definition) is 3. The zero-order chi connectivity index (χ0) is 15.5.